The van der Waals surface area contributed by atoms with Gasteiger partial charge in [-0.1, -0.05) is 182 Å². The van der Waals surface area contributed by atoms with Crippen molar-refractivity contribution in [2.45, 2.75) is 77.3 Å². The molecule has 5 rings (SSSR count). The molecule has 0 saturated heterocycles. The van der Waals surface area contributed by atoms with Gasteiger partial charge in [-0.2, -0.15) is 0 Å². The fourth-order valence-corrected chi connectivity index (χ4v) is 13.7. The first-order valence-corrected chi connectivity index (χ1v) is 20.2. The first-order chi connectivity index (χ1) is 21.1. The van der Waals surface area contributed by atoms with E-state index in [1.807, 2.05) is 0 Å². The van der Waals surface area contributed by atoms with Crippen LogP contribution < -0.4 is 0 Å². The molecule has 43 heavy (non-hydrogen) atoms. The minimum Gasteiger partial charge on any atom is -0.0654 e. The number of allylic oxidation sites excluding steroid dienone is 2. The number of halogens is 2. The van der Waals surface area contributed by atoms with Crippen molar-refractivity contribution < 1.29 is 0 Å². The number of benzene rings is 4. The summed E-state index contributed by atoms with van der Waals surface area (Å²) in [7, 11) is -2.27. The average molecular weight is 713 g/mol. The third kappa shape index (κ3) is 7.27. The quantitative estimate of drug-likeness (QED) is 0.0902. The van der Waals surface area contributed by atoms with E-state index in [4.69, 9.17) is 0 Å². The molecule has 4 aromatic rings. The van der Waals surface area contributed by atoms with Crippen LogP contribution in [0.5, 0.6) is 0 Å². The highest BCUT2D eigenvalue weighted by Crippen LogP contribution is 2.59. The maximum atomic E-state index is 3.75. The summed E-state index contributed by atoms with van der Waals surface area (Å²) in [5.74, 6) is 0. The van der Waals surface area contributed by atoms with Crippen LogP contribution in [0.1, 0.15) is 87.5 Å². The molecular formula is C40H44Br2Si. The summed E-state index contributed by atoms with van der Waals surface area (Å²) in [6, 6.07) is 43.7. The van der Waals surface area contributed by atoms with Gasteiger partial charge in [0.05, 0.1) is 0 Å². The molecule has 0 fully saturated rings. The molecule has 0 aliphatic carbocycles. The summed E-state index contributed by atoms with van der Waals surface area (Å²) in [4.78, 5) is 0. The fourth-order valence-electron chi connectivity index (χ4n) is 7.05. The molecule has 0 saturated carbocycles. The molecular weight excluding hydrogens is 668 g/mol. The molecule has 4 aromatic carbocycles. The van der Waals surface area contributed by atoms with Crippen molar-refractivity contribution in [2.75, 3.05) is 0 Å². The number of unbranched alkanes of at least 4 members (excludes halogenated alkanes) is 6. The van der Waals surface area contributed by atoms with Gasteiger partial charge in [-0.3, -0.25) is 0 Å². The highest BCUT2D eigenvalue weighted by molar-refractivity contribution is 9.10. The normalized spacial score (nSPS) is 14.5. The molecule has 1 aliphatic rings. The van der Waals surface area contributed by atoms with E-state index in [1.54, 1.807) is 10.4 Å². The first-order valence-electron chi connectivity index (χ1n) is 16.2. The lowest BCUT2D eigenvalue weighted by Gasteiger charge is -2.35. The minimum atomic E-state index is -2.27. The van der Waals surface area contributed by atoms with Crippen molar-refractivity contribution in [3.05, 3.63) is 140 Å². The number of hydrogen-bond donors (Lipinski definition) is 0. The third-order valence-corrected chi connectivity index (χ3v) is 15.5. The molecule has 1 aliphatic heterocycles. The standard InChI is InChI=1S/C40H44Br2Si/c1-3-5-7-15-29-43(30-16-8-6-4-2)39(33-21-25-35(41)26-22-33)37(31-17-11-9-12-18-31)38(32-19-13-10-14-20-32)40(43)34-23-27-36(42)28-24-34/h9-14,17-28H,3-8,15-16,29-30H2,1-2H3. The Hall–Kier alpha value is -2.46. The van der Waals surface area contributed by atoms with Crippen molar-refractivity contribution in [3.63, 3.8) is 0 Å². The van der Waals surface area contributed by atoms with Gasteiger partial charge in [-0.25, -0.2) is 0 Å². The Kier molecular flexibility index (Phi) is 11.5. The zero-order valence-electron chi connectivity index (χ0n) is 25.7. The second-order valence-electron chi connectivity index (χ2n) is 11.9. The minimum absolute atomic E-state index is 1.14. The zero-order chi connectivity index (χ0) is 30.1. The van der Waals surface area contributed by atoms with Gasteiger partial charge < -0.3 is 0 Å². The fraction of sp³-hybridized carbons (Fsp3) is 0.300. The summed E-state index contributed by atoms with van der Waals surface area (Å²) in [5.41, 5.74) is 8.41. The van der Waals surface area contributed by atoms with Crippen LogP contribution in [-0.4, -0.2) is 8.07 Å². The molecule has 0 radical (unpaired) electrons. The van der Waals surface area contributed by atoms with Gasteiger partial charge in [0.1, 0.15) is 8.07 Å². The van der Waals surface area contributed by atoms with E-state index < -0.39 is 8.07 Å². The largest absolute Gasteiger partial charge is 0.121 e. The van der Waals surface area contributed by atoms with E-state index in [0.717, 1.165) is 8.95 Å². The zero-order valence-corrected chi connectivity index (χ0v) is 29.9. The predicted molar refractivity (Wildman–Crippen MR) is 198 cm³/mol. The average Bonchev–Trinajstić information content (AvgIpc) is 3.34. The van der Waals surface area contributed by atoms with Crippen LogP contribution in [0.4, 0.5) is 0 Å². The molecule has 0 unspecified atom stereocenters. The van der Waals surface area contributed by atoms with Crippen LogP contribution in [0.3, 0.4) is 0 Å². The SMILES string of the molecule is CCCCCC[Si]1(CCCCCC)C(c2ccc(Br)cc2)=C(c2ccccc2)C(c2ccccc2)=C1c1ccc(Br)cc1. The van der Waals surface area contributed by atoms with Crippen molar-refractivity contribution in [3.8, 4) is 0 Å². The Bertz CT molecular complexity index is 1400. The van der Waals surface area contributed by atoms with Crippen LogP contribution in [0.2, 0.25) is 12.1 Å². The van der Waals surface area contributed by atoms with Gasteiger partial charge in [0, 0.05) is 8.95 Å². The first kappa shape index (κ1) is 31.9. The van der Waals surface area contributed by atoms with E-state index in [2.05, 4.69) is 155 Å². The van der Waals surface area contributed by atoms with E-state index in [1.165, 1.54) is 96.9 Å². The summed E-state index contributed by atoms with van der Waals surface area (Å²) in [5, 5.41) is 3.30. The lowest BCUT2D eigenvalue weighted by Crippen LogP contribution is -2.37. The second kappa shape index (κ2) is 15.5. The molecule has 0 atom stereocenters. The monoisotopic (exact) mass is 710 g/mol. The highest BCUT2D eigenvalue weighted by Gasteiger charge is 2.49. The van der Waals surface area contributed by atoms with Crippen LogP contribution in [0.15, 0.2) is 118 Å². The topological polar surface area (TPSA) is 0 Å². The van der Waals surface area contributed by atoms with Gasteiger partial charge in [-0.05, 0) is 80.1 Å². The summed E-state index contributed by atoms with van der Waals surface area (Å²) < 4.78 is 2.28. The van der Waals surface area contributed by atoms with Crippen LogP contribution in [0, 0.1) is 0 Å². The maximum Gasteiger partial charge on any atom is 0.121 e. The Morgan fingerprint density at radius 3 is 1.14 bits per heavy atom. The number of hydrogen-bond acceptors (Lipinski definition) is 0. The van der Waals surface area contributed by atoms with Crippen LogP contribution in [-0.2, 0) is 0 Å². The molecule has 3 heteroatoms. The predicted octanol–water partition coefficient (Wildman–Crippen LogP) is 13.4. The summed E-state index contributed by atoms with van der Waals surface area (Å²) in [6.07, 6.45) is 10.3. The van der Waals surface area contributed by atoms with E-state index >= 15 is 0 Å². The van der Waals surface area contributed by atoms with Gasteiger partial charge in [0.15, 0.2) is 0 Å². The third-order valence-electron chi connectivity index (χ3n) is 9.01. The lowest BCUT2D eigenvalue weighted by molar-refractivity contribution is 0.685. The molecule has 0 spiro atoms. The molecule has 0 N–H and O–H groups in total. The summed E-state index contributed by atoms with van der Waals surface area (Å²) in [6.45, 7) is 4.66. The second-order valence-corrected chi connectivity index (χ2v) is 17.9. The number of rotatable bonds is 14. The molecule has 0 bridgehead atoms. The van der Waals surface area contributed by atoms with Crippen LogP contribution in [0.25, 0.3) is 21.5 Å². The van der Waals surface area contributed by atoms with Gasteiger partial charge in [0.25, 0.3) is 0 Å². The lowest BCUT2D eigenvalue weighted by atomic mass is 9.89. The van der Waals surface area contributed by atoms with Gasteiger partial charge in [0.2, 0.25) is 0 Å². The van der Waals surface area contributed by atoms with E-state index in [0.29, 0.717) is 0 Å². The highest BCUT2D eigenvalue weighted by atomic mass is 79.9. The van der Waals surface area contributed by atoms with Crippen molar-refractivity contribution >= 4 is 61.5 Å². The molecule has 222 valence electrons. The molecule has 1 heterocycles. The summed E-state index contributed by atoms with van der Waals surface area (Å²) >= 11 is 7.49. The Morgan fingerprint density at radius 1 is 0.419 bits per heavy atom. The Balaban J connectivity index is 1.89. The van der Waals surface area contributed by atoms with Gasteiger partial charge >= 0.3 is 0 Å². The molecule has 0 aromatic heterocycles. The van der Waals surface area contributed by atoms with Crippen LogP contribution >= 0.6 is 31.9 Å². The van der Waals surface area contributed by atoms with Crippen molar-refractivity contribution in [2.24, 2.45) is 0 Å². The molecule has 0 nitrogen and oxygen atoms in total. The van der Waals surface area contributed by atoms with Crippen molar-refractivity contribution in [1.29, 1.82) is 0 Å². The maximum absolute atomic E-state index is 3.75. The van der Waals surface area contributed by atoms with E-state index in [-0.39, 0.29) is 0 Å². The smallest absolute Gasteiger partial charge is 0.0654 e. The Morgan fingerprint density at radius 2 is 0.791 bits per heavy atom. The van der Waals surface area contributed by atoms with Gasteiger partial charge in [-0.15, -0.1) is 0 Å². The van der Waals surface area contributed by atoms with Crippen molar-refractivity contribution in [1.82, 2.24) is 0 Å². The Labute approximate surface area is 277 Å². The molecule has 0 amide bonds. The van der Waals surface area contributed by atoms with E-state index in [9.17, 15) is 0 Å².